The third kappa shape index (κ3) is 2.14. The lowest BCUT2D eigenvalue weighted by Crippen LogP contribution is -2.56. The second-order valence-corrected chi connectivity index (χ2v) is 7.63. The molecule has 1 aromatic carbocycles. The quantitative estimate of drug-likeness (QED) is 0.876. The van der Waals surface area contributed by atoms with Crippen LogP contribution in [0, 0.1) is 23.2 Å². The van der Waals surface area contributed by atoms with E-state index in [9.17, 15) is 0 Å². The van der Waals surface area contributed by atoms with Crippen LogP contribution in [0.15, 0.2) is 30.3 Å². The van der Waals surface area contributed by atoms with E-state index < -0.39 is 0 Å². The van der Waals surface area contributed by atoms with Crippen molar-refractivity contribution < 1.29 is 0 Å². The summed E-state index contributed by atoms with van der Waals surface area (Å²) in [4.78, 5) is 0. The van der Waals surface area contributed by atoms with Crippen LogP contribution in [-0.2, 0) is 0 Å². The summed E-state index contributed by atoms with van der Waals surface area (Å²) in [5.41, 5.74) is 8.31. The van der Waals surface area contributed by atoms with Gasteiger partial charge in [0.2, 0.25) is 0 Å². The Morgan fingerprint density at radius 3 is 2.10 bits per heavy atom. The summed E-state index contributed by atoms with van der Waals surface area (Å²) < 4.78 is 0. The SMILES string of the molecule is NC(CNc1ccccc1)C12CC3CC(CC(C3)C1)C2. The number of anilines is 1. The van der Waals surface area contributed by atoms with Crippen LogP contribution in [0.2, 0.25) is 0 Å². The van der Waals surface area contributed by atoms with E-state index in [1.54, 1.807) is 0 Å². The number of rotatable bonds is 4. The highest BCUT2D eigenvalue weighted by Crippen LogP contribution is 2.60. The van der Waals surface area contributed by atoms with Crippen molar-refractivity contribution in [1.82, 2.24) is 0 Å². The standard InChI is InChI=1S/C18H26N2/c19-17(12-20-16-4-2-1-3-5-16)18-9-13-6-14(10-18)8-15(7-13)11-18/h1-5,13-15,17,20H,6-12,19H2. The summed E-state index contributed by atoms with van der Waals surface area (Å²) in [6.45, 7) is 0.927. The number of hydrogen-bond donors (Lipinski definition) is 2. The van der Waals surface area contributed by atoms with Crippen LogP contribution < -0.4 is 11.1 Å². The minimum Gasteiger partial charge on any atom is -0.383 e. The summed E-state index contributed by atoms with van der Waals surface area (Å²) in [5.74, 6) is 2.97. The Labute approximate surface area is 122 Å². The van der Waals surface area contributed by atoms with E-state index in [1.165, 1.54) is 44.2 Å². The fourth-order valence-corrected chi connectivity index (χ4v) is 5.63. The molecular formula is C18H26N2. The molecule has 2 heteroatoms. The van der Waals surface area contributed by atoms with Gasteiger partial charge in [0.15, 0.2) is 0 Å². The number of benzene rings is 1. The van der Waals surface area contributed by atoms with Crippen molar-refractivity contribution in [2.75, 3.05) is 11.9 Å². The van der Waals surface area contributed by atoms with Crippen LogP contribution in [0.4, 0.5) is 5.69 Å². The molecule has 0 spiro atoms. The highest BCUT2D eigenvalue weighted by atomic mass is 14.9. The van der Waals surface area contributed by atoms with Crippen LogP contribution in [-0.4, -0.2) is 12.6 Å². The average Bonchev–Trinajstić information content (AvgIpc) is 2.44. The molecule has 5 rings (SSSR count). The molecule has 0 aliphatic heterocycles. The zero-order chi connectivity index (χ0) is 13.6. The third-order valence-electron chi connectivity index (χ3n) is 6.17. The lowest BCUT2D eigenvalue weighted by atomic mass is 9.48. The first-order chi connectivity index (χ1) is 9.73. The van der Waals surface area contributed by atoms with Gasteiger partial charge < -0.3 is 11.1 Å². The Bertz CT molecular complexity index is 432. The van der Waals surface area contributed by atoms with Crippen LogP contribution >= 0.6 is 0 Å². The topological polar surface area (TPSA) is 38.0 Å². The van der Waals surface area contributed by atoms with Crippen LogP contribution in [0.3, 0.4) is 0 Å². The minimum atomic E-state index is 0.316. The van der Waals surface area contributed by atoms with Gasteiger partial charge in [0, 0.05) is 18.3 Å². The fourth-order valence-electron chi connectivity index (χ4n) is 5.63. The molecule has 2 nitrogen and oxygen atoms in total. The summed E-state index contributed by atoms with van der Waals surface area (Å²) in [6.07, 6.45) is 8.69. The Morgan fingerprint density at radius 2 is 1.55 bits per heavy atom. The third-order valence-corrected chi connectivity index (χ3v) is 6.17. The van der Waals surface area contributed by atoms with E-state index in [0.717, 1.165) is 24.3 Å². The first kappa shape index (κ1) is 12.7. The number of para-hydroxylation sites is 1. The Hall–Kier alpha value is -1.02. The van der Waals surface area contributed by atoms with E-state index in [2.05, 4.69) is 35.6 Å². The number of hydrogen-bond acceptors (Lipinski definition) is 2. The maximum atomic E-state index is 6.66. The van der Waals surface area contributed by atoms with Gasteiger partial charge >= 0.3 is 0 Å². The van der Waals surface area contributed by atoms with Crippen LogP contribution in [0.1, 0.15) is 38.5 Å². The van der Waals surface area contributed by atoms with E-state index in [4.69, 9.17) is 5.73 Å². The van der Waals surface area contributed by atoms with Crippen molar-refractivity contribution in [2.45, 2.75) is 44.6 Å². The fraction of sp³-hybridized carbons (Fsp3) is 0.667. The molecule has 108 valence electrons. The van der Waals surface area contributed by atoms with Crippen molar-refractivity contribution >= 4 is 5.69 Å². The van der Waals surface area contributed by atoms with Crippen molar-refractivity contribution in [3.63, 3.8) is 0 Å². The largest absolute Gasteiger partial charge is 0.383 e. The minimum absolute atomic E-state index is 0.316. The lowest BCUT2D eigenvalue weighted by molar-refractivity contribution is -0.0646. The molecule has 4 aliphatic carbocycles. The van der Waals surface area contributed by atoms with Gasteiger partial charge in [0.1, 0.15) is 0 Å². The van der Waals surface area contributed by atoms with Gasteiger partial charge in [-0.1, -0.05) is 18.2 Å². The summed E-state index contributed by atoms with van der Waals surface area (Å²) in [7, 11) is 0. The van der Waals surface area contributed by atoms with Gasteiger partial charge in [-0.3, -0.25) is 0 Å². The zero-order valence-corrected chi connectivity index (χ0v) is 12.2. The van der Waals surface area contributed by atoms with E-state index >= 15 is 0 Å². The molecule has 0 aromatic heterocycles. The maximum absolute atomic E-state index is 6.66. The molecule has 0 heterocycles. The van der Waals surface area contributed by atoms with E-state index in [0.29, 0.717) is 11.5 Å². The van der Waals surface area contributed by atoms with Gasteiger partial charge in [0.25, 0.3) is 0 Å². The van der Waals surface area contributed by atoms with Crippen molar-refractivity contribution in [1.29, 1.82) is 0 Å². The van der Waals surface area contributed by atoms with Crippen molar-refractivity contribution in [2.24, 2.45) is 28.9 Å². The van der Waals surface area contributed by atoms with Gasteiger partial charge in [-0.05, 0) is 73.8 Å². The van der Waals surface area contributed by atoms with Crippen LogP contribution in [0.25, 0.3) is 0 Å². The summed E-state index contributed by atoms with van der Waals surface area (Å²) in [6, 6.07) is 10.8. The Kier molecular flexibility index (Phi) is 3.03. The predicted octanol–water partition coefficient (Wildman–Crippen LogP) is 3.64. The van der Waals surface area contributed by atoms with Gasteiger partial charge in [-0.2, -0.15) is 0 Å². The van der Waals surface area contributed by atoms with E-state index in [1.807, 2.05) is 0 Å². The molecule has 3 N–H and O–H groups in total. The molecule has 0 amide bonds. The van der Waals surface area contributed by atoms with Crippen molar-refractivity contribution in [3.8, 4) is 0 Å². The molecule has 0 radical (unpaired) electrons. The van der Waals surface area contributed by atoms with Gasteiger partial charge in [-0.25, -0.2) is 0 Å². The molecule has 1 unspecified atom stereocenters. The first-order valence-electron chi connectivity index (χ1n) is 8.28. The molecule has 1 aromatic rings. The average molecular weight is 270 g/mol. The molecule has 4 fully saturated rings. The summed E-state index contributed by atoms with van der Waals surface area (Å²) in [5, 5.41) is 3.54. The molecule has 4 saturated carbocycles. The smallest absolute Gasteiger partial charge is 0.0340 e. The predicted molar refractivity (Wildman–Crippen MR) is 83.5 cm³/mol. The normalized spacial score (nSPS) is 39.8. The second kappa shape index (κ2) is 4.77. The van der Waals surface area contributed by atoms with Gasteiger partial charge in [0.05, 0.1) is 0 Å². The Morgan fingerprint density at radius 1 is 1.00 bits per heavy atom. The molecule has 4 aliphatic rings. The lowest BCUT2D eigenvalue weighted by Gasteiger charge is -2.59. The van der Waals surface area contributed by atoms with Gasteiger partial charge in [-0.15, -0.1) is 0 Å². The molecule has 20 heavy (non-hydrogen) atoms. The highest BCUT2D eigenvalue weighted by molar-refractivity contribution is 5.42. The molecule has 4 bridgehead atoms. The summed E-state index contributed by atoms with van der Waals surface area (Å²) >= 11 is 0. The zero-order valence-electron chi connectivity index (χ0n) is 12.2. The first-order valence-corrected chi connectivity index (χ1v) is 8.28. The molecular weight excluding hydrogens is 244 g/mol. The molecule has 0 saturated heterocycles. The number of nitrogens with two attached hydrogens (primary N) is 1. The number of nitrogens with one attached hydrogen (secondary N) is 1. The van der Waals surface area contributed by atoms with Crippen LogP contribution in [0.5, 0.6) is 0 Å². The highest BCUT2D eigenvalue weighted by Gasteiger charge is 2.53. The van der Waals surface area contributed by atoms with Crippen molar-refractivity contribution in [3.05, 3.63) is 30.3 Å². The maximum Gasteiger partial charge on any atom is 0.0340 e. The monoisotopic (exact) mass is 270 g/mol. The molecule has 1 atom stereocenters. The second-order valence-electron chi connectivity index (χ2n) is 7.63. The van der Waals surface area contributed by atoms with E-state index in [-0.39, 0.29) is 0 Å². The Balaban J connectivity index is 1.44.